The summed E-state index contributed by atoms with van der Waals surface area (Å²) in [4.78, 5) is 12.7. The number of nitrogens with one attached hydrogen (secondary N) is 1. The van der Waals surface area contributed by atoms with Gasteiger partial charge in [0.15, 0.2) is 5.82 Å². The molecule has 2 aromatic heterocycles. The number of imidazole rings is 1. The summed E-state index contributed by atoms with van der Waals surface area (Å²) in [6, 6.07) is 12.3. The number of aromatic amines is 1. The molecule has 0 fully saturated rings. The molecule has 0 saturated carbocycles. The Hall–Kier alpha value is -1.78. The maximum absolute atomic E-state index is 4.73. The van der Waals surface area contributed by atoms with Crippen LogP contribution in [0, 0.1) is 6.42 Å². The van der Waals surface area contributed by atoms with Gasteiger partial charge in [-0.05, 0) is 12.1 Å². The van der Waals surface area contributed by atoms with Gasteiger partial charge in [-0.25, -0.2) is 11.4 Å². The van der Waals surface area contributed by atoms with Crippen molar-refractivity contribution >= 4 is 11.0 Å². The van der Waals surface area contributed by atoms with Crippen LogP contribution in [-0.2, 0) is 23.2 Å². The first-order valence-corrected chi connectivity index (χ1v) is 6.68. The van der Waals surface area contributed by atoms with E-state index in [1.807, 2.05) is 24.3 Å². The van der Waals surface area contributed by atoms with Crippen LogP contribution in [0.5, 0.6) is 0 Å². The minimum Gasteiger partial charge on any atom is -0.337 e. The van der Waals surface area contributed by atoms with E-state index in [4.69, 9.17) is 4.98 Å². The SMILES string of the molecule is [Co].c1ccc2[nH]c(-c3ccc4c(n3)[CH-]CCC4)nc2c1. The molecule has 103 valence electrons. The van der Waals surface area contributed by atoms with Gasteiger partial charge in [0.1, 0.15) is 5.69 Å². The fourth-order valence-electron chi connectivity index (χ4n) is 2.63. The van der Waals surface area contributed by atoms with E-state index >= 15 is 0 Å². The van der Waals surface area contributed by atoms with Gasteiger partial charge in [-0.3, -0.25) is 4.98 Å². The van der Waals surface area contributed by atoms with Crippen molar-refractivity contribution in [1.29, 1.82) is 0 Å². The quantitative estimate of drug-likeness (QED) is 0.699. The van der Waals surface area contributed by atoms with Crippen molar-refractivity contribution in [1.82, 2.24) is 15.0 Å². The maximum Gasteiger partial charge on any atom is 0.156 e. The van der Waals surface area contributed by atoms with Gasteiger partial charge in [0.25, 0.3) is 0 Å². The summed E-state index contributed by atoms with van der Waals surface area (Å²) < 4.78 is 0. The molecule has 0 spiro atoms. The number of H-pyrrole nitrogens is 1. The molecule has 4 rings (SSSR count). The van der Waals surface area contributed by atoms with Crippen LogP contribution in [0.2, 0.25) is 0 Å². The van der Waals surface area contributed by atoms with Gasteiger partial charge in [0.05, 0.1) is 11.0 Å². The van der Waals surface area contributed by atoms with Crippen LogP contribution in [0.1, 0.15) is 24.1 Å². The van der Waals surface area contributed by atoms with Crippen LogP contribution >= 0.6 is 0 Å². The van der Waals surface area contributed by atoms with Crippen LogP contribution in [0.25, 0.3) is 22.6 Å². The van der Waals surface area contributed by atoms with Crippen molar-refractivity contribution in [3.05, 3.63) is 54.1 Å². The summed E-state index contributed by atoms with van der Waals surface area (Å²) in [5.74, 6) is 0.850. The summed E-state index contributed by atoms with van der Waals surface area (Å²) >= 11 is 0. The second kappa shape index (κ2) is 5.30. The van der Waals surface area contributed by atoms with Crippen LogP contribution < -0.4 is 0 Å². The number of rotatable bonds is 1. The normalized spacial score (nSPS) is 13.4. The van der Waals surface area contributed by atoms with Crippen molar-refractivity contribution in [2.24, 2.45) is 0 Å². The van der Waals surface area contributed by atoms with Crippen molar-refractivity contribution in [3.63, 3.8) is 0 Å². The molecule has 3 nitrogen and oxygen atoms in total. The Morgan fingerprint density at radius 3 is 2.85 bits per heavy atom. The van der Waals surface area contributed by atoms with Gasteiger partial charge in [0.2, 0.25) is 0 Å². The van der Waals surface area contributed by atoms with Crippen LogP contribution in [-0.4, -0.2) is 15.0 Å². The number of hydrogen-bond donors (Lipinski definition) is 1. The Kier molecular flexibility index (Phi) is 3.50. The second-order valence-corrected chi connectivity index (χ2v) is 4.94. The molecule has 0 amide bonds. The Morgan fingerprint density at radius 2 is 1.95 bits per heavy atom. The maximum atomic E-state index is 4.73. The summed E-state index contributed by atoms with van der Waals surface area (Å²) in [6.07, 6.45) is 5.73. The molecular weight excluding hydrogens is 293 g/mol. The van der Waals surface area contributed by atoms with E-state index in [1.165, 1.54) is 12.0 Å². The van der Waals surface area contributed by atoms with E-state index in [2.05, 4.69) is 28.5 Å². The van der Waals surface area contributed by atoms with E-state index in [9.17, 15) is 0 Å². The van der Waals surface area contributed by atoms with Crippen molar-refractivity contribution < 1.29 is 16.8 Å². The minimum absolute atomic E-state index is 0. The van der Waals surface area contributed by atoms with Gasteiger partial charge in [0, 0.05) is 16.8 Å². The Balaban J connectivity index is 0.00000121. The molecule has 0 atom stereocenters. The third kappa shape index (κ3) is 2.21. The standard InChI is InChI=1S/C16H14N3.Co/c1-2-6-12-11(5-1)9-10-15(17-12)16-18-13-7-3-4-8-14(13)19-16;/h3-4,6-10H,1-2,5H2,(H,18,19);/q-1;. The Morgan fingerprint density at radius 1 is 1.05 bits per heavy atom. The van der Waals surface area contributed by atoms with Crippen LogP contribution in [0.3, 0.4) is 0 Å². The number of fused-ring (bicyclic) bond motifs is 2. The predicted octanol–water partition coefficient (Wildman–Crippen LogP) is 3.51. The van der Waals surface area contributed by atoms with E-state index < -0.39 is 0 Å². The zero-order valence-corrected chi connectivity index (χ0v) is 11.9. The number of aryl methyl sites for hydroxylation is 1. The minimum atomic E-state index is 0. The molecule has 1 aliphatic carbocycles. The fourth-order valence-corrected chi connectivity index (χ4v) is 2.63. The third-order valence-electron chi connectivity index (χ3n) is 3.63. The molecule has 0 aliphatic heterocycles. The first-order valence-electron chi connectivity index (χ1n) is 6.68. The fraction of sp³-hybridized carbons (Fsp3) is 0.188. The average Bonchev–Trinajstić information content (AvgIpc) is 2.90. The predicted molar refractivity (Wildman–Crippen MR) is 75.7 cm³/mol. The summed E-state index contributed by atoms with van der Waals surface area (Å²) in [7, 11) is 0. The Bertz CT molecular complexity index is 715. The molecule has 20 heavy (non-hydrogen) atoms. The number of benzene rings is 1. The smallest absolute Gasteiger partial charge is 0.156 e. The zero-order chi connectivity index (χ0) is 12.7. The van der Waals surface area contributed by atoms with Gasteiger partial charge in [-0.15, -0.1) is 12.5 Å². The number of nitrogens with zero attached hydrogens (tertiary/aromatic N) is 2. The van der Waals surface area contributed by atoms with Crippen molar-refractivity contribution in [3.8, 4) is 11.5 Å². The molecule has 3 aromatic rings. The van der Waals surface area contributed by atoms with E-state index in [0.717, 1.165) is 41.1 Å². The van der Waals surface area contributed by atoms with Gasteiger partial charge in [-0.1, -0.05) is 36.7 Å². The average molecular weight is 307 g/mol. The number of hydrogen-bond acceptors (Lipinski definition) is 2. The second-order valence-electron chi connectivity index (χ2n) is 4.94. The molecular formula is C16H14CoN3-. The molecule has 0 unspecified atom stereocenters. The first kappa shape index (κ1) is 13.2. The number of aromatic nitrogens is 3. The van der Waals surface area contributed by atoms with Crippen molar-refractivity contribution in [2.75, 3.05) is 0 Å². The number of pyridine rings is 1. The largest absolute Gasteiger partial charge is 0.337 e. The monoisotopic (exact) mass is 307 g/mol. The van der Waals surface area contributed by atoms with Gasteiger partial charge < -0.3 is 4.98 Å². The third-order valence-corrected chi connectivity index (χ3v) is 3.63. The van der Waals surface area contributed by atoms with E-state index in [0.29, 0.717) is 0 Å². The first-order chi connectivity index (χ1) is 9.40. The topological polar surface area (TPSA) is 41.6 Å². The molecule has 2 heterocycles. The molecule has 1 aliphatic rings. The molecule has 1 N–H and O–H groups in total. The van der Waals surface area contributed by atoms with E-state index in [1.54, 1.807) is 0 Å². The molecule has 4 heteroatoms. The van der Waals surface area contributed by atoms with E-state index in [-0.39, 0.29) is 16.8 Å². The van der Waals surface area contributed by atoms with Crippen LogP contribution in [0.15, 0.2) is 36.4 Å². The summed E-state index contributed by atoms with van der Waals surface area (Å²) in [5.41, 5.74) is 5.45. The van der Waals surface area contributed by atoms with Gasteiger partial charge >= 0.3 is 0 Å². The molecule has 0 saturated heterocycles. The molecule has 0 bridgehead atoms. The summed E-state index contributed by atoms with van der Waals surface area (Å²) in [6.45, 7) is 0. The van der Waals surface area contributed by atoms with Gasteiger partial charge in [-0.2, -0.15) is 5.56 Å². The van der Waals surface area contributed by atoms with Crippen LogP contribution in [0.4, 0.5) is 0 Å². The summed E-state index contributed by atoms with van der Waals surface area (Å²) in [5, 5.41) is 0. The van der Waals surface area contributed by atoms with Crippen molar-refractivity contribution in [2.45, 2.75) is 19.3 Å². The zero-order valence-electron chi connectivity index (χ0n) is 10.9. The molecule has 1 aromatic carbocycles. The molecule has 1 radical (unpaired) electrons. The number of para-hydroxylation sites is 2. The Labute approximate surface area is 128 Å².